The average molecular weight is 128 g/mol. The lowest BCUT2D eigenvalue weighted by atomic mass is 10.4. The molecule has 0 aromatic heterocycles. The number of hydrogen-bond donors (Lipinski definition) is 0. The fraction of sp³-hybridized carbons (Fsp3) is 0. The first-order valence-corrected chi connectivity index (χ1v) is 3.69. The van der Waals surface area contributed by atoms with Crippen LogP contribution in [-0.4, -0.2) is 0 Å². The molecule has 2 aliphatic rings. The van der Waals surface area contributed by atoms with Crippen molar-refractivity contribution in [2.24, 2.45) is 0 Å². The van der Waals surface area contributed by atoms with E-state index in [1.54, 1.807) is 12.5 Å². The van der Waals surface area contributed by atoms with Gasteiger partial charge in [-0.2, -0.15) is 0 Å². The van der Waals surface area contributed by atoms with Gasteiger partial charge in [0.15, 0.2) is 0 Å². The molecule has 42 valence electrons. The van der Waals surface area contributed by atoms with Crippen LogP contribution in [0.5, 0.6) is 0 Å². The van der Waals surface area contributed by atoms with Gasteiger partial charge in [0.1, 0.15) is 0 Å². The summed E-state index contributed by atoms with van der Waals surface area (Å²) in [5.74, 6) is 0. The van der Waals surface area contributed by atoms with E-state index in [1.807, 2.05) is 12.2 Å². The molecule has 0 fully saturated rings. The molecule has 0 unspecified atom stereocenters. The second-order valence-electron chi connectivity index (χ2n) is 1.58. The van der Waals surface area contributed by atoms with Crippen LogP contribution < -0.4 is 0 Å². The van der Waals surface area contributed by atoms with E-state index in [9.17, 15) is 0 Å². The first-order chi connectivity index (χ1) is 3.97. The largest absolute Gasteiger partial charge is 0.383 e. The minimum atomic E-state index is -1.02. The van der Waals surface area contributed by atoms with Crippen molar-refractivity contribution in [3.05, 3.63) is 30.3 Å². The average Bonchev–Trinajstić information content (AvgIpc) is 2.15. The van der Waals surface area contributed by atoms with E-state index in [2.05, 4.69) is 0 Å². The Labute approximate surface area is 48.7 Å². The summed E-state index contributed by atoms with van der Waals surface area (Å²) in [4.78, 5) is 0. The zero-order valence-electron chi connectivity index (χ0n) is 4.13. The highest BCUT2D eigenvalue weighted by atomic mass is 31.2. The maximum absolute atomic E-state index is 5.08. The summed E-state index contributed by atoms with van der Waals surface area (Å²) in [6, 6.07) is 0. The maximum atomic E-state index is 5.08. The van der Waals surface area contributed by atoms with Crippen LogP contribution in [0.4, 0.5) is 0 Å². The van der Waals surface area contributed by atoms with Crippen LogP contribution in [0.1, 0.15) is 0 Å². The van der Waals surface area contributed by atoms with Gasteiger partial charge in [0.05, 0.1) is 5.66 Å². The van der Waals surface area contributed by atoms with Gasteiger partial charge in [-0.1, -0.05) is 12.2 Å². The molecule has 0 saturated carbocycles. The van der Waals surface area contributed by atoms with E-state index in [4.69, 9.17) is 9.05 Å². The van der Waals surface area contributed by atoms with E-state index >= 15 is 0 Å². The molecule has 2 nitrogen and oxygen atoms in total. The molecular formula is C5H5O2P. The molecule has 2 aliphatic heterocycles. The summed E-state index contributed by atoms with van der Waals surface area (Å²) in [6.45, 7) is 0. The van der Waals surface area contributed by atoms with Crippen LogP contribution in [0.15, 0.2) is 24.7 Å². The number of allylic oxidation sites excluding steroid dienone is 2. The smallest absolute Gasteiger partial charge is 0.300 e. The Morgan fingerprint density at radius 1 is 1.12 bits per heavy atom. The monoisotopic (exact) mass is 128 g/mol. The second-order valence-corrected chi connectivity index (χ2v) is 3.21. The third kappa shape index (κ3) is 0.436. The Hall–Kier alpha value is -0.620. The lowest BCUT2D eigenvalue weighted by molar-refractivity contribution is 0.430. The van der Waals surface area contributed by atoms with Crippen LogP contribution in [0.25, 0.3) is 0 Å². The van der Waals surface area contributed by atoms with Gasteiger partial charge in [0, 0.05) is 12.5 Å². The highest BCUT2D eigenvalue weighted by Gasteiger charge is 2.27. The molecule has 0 aromatic rings. The molecule has 0 aromatic carbocycles. The van der Waals surface area contributed by atoms with Crippen molar-refractivity contribution in [3.8, 4) is 0 Å². The summed E-state index contributed by atoms with van der Waals surface area (Å²) >= 11 is 0. The molecule has 0 saturated heterocycles. The summed E-state index contributed by atoms with van der Waals surface area (Å²) < 4.78 is 10.2. The van der Waals surface area contributed by atoms with E-state index < -0.39 is 8.38 Å². The zero-order chi connectivity index (χ0) is 5.40. The third-order valence-electron chi connectivity index (χ3n) is 1.08. The molecule has 0 bridgehead atoms. The van der Waals surface area contributed by atoms with Crippen molar-refractivity contribution in [2.75, 3.05) is 0 Å². The topological polar surface area (TPSA) is 18.5 Å². The van der Waals surface area contributed by atoms with E-state index in [1.165, 1.54) is 5.66 Å². The standard InChI is InChI=1S/C5H5O2P/c1-3-6-8-5(1)2-4-7-8/h1-4,8H. The molecule has 0 N–H and O–H groups in total. The highest BCUT2D eigenvalue weighted by Crippen LogP contribution is 2.58. The van der Waals surface area contributed by atoms with Gasteiger partial charge < -0.3 is 9.05 Å². The van der Waals surface area contributed by atoms with Gasteiger partial charge in [0.2, 0.25) is 0 Å². The van der Waals surface area contributed by atoms with E-state index in [-0.39, 0.29) is 0 Å². The van der Waals surface area contributed by atoms with Crippen molar-refractivity contribution >= 4 is 8.38 Å². The van der Waals surface area contributed by atoms with Crippen LogP contribution in [0.3, 0.4) is 0 Å². The van der Waals surface area contributed by atoms with Gasteiger partial charge in [0.25, 0.3) is 8.38 Å². The highest BCUT2D eigenvalue weighted by molar-refractivity contribution is 7.52. The fourth-order valence-electron chi connectivity index (χ4n) is 0.694. The number of rotatable bonds is 0. The summed E-state index contributed by atoms with van der Waals surface area (Å²) in [7, 11) is -1.02. The molecular weight excluding hydrogens is 123 g/mol. The molecule has 0 spiro atoms. The predicted molar refractivity (Wildman–Crippen MR) is 32.0 cm³/mol. The van der Waals surface area contributed by atoms with Crippen LogP contribution in [-0.2, 0) is 9.05 Å². The van der Waals surface area contributed by atoms with Crippen LogP contribution >= 0.6 is 8.38 Å². The van der Waals surface area contributed by atoms with E-state index in [0.29, 0.717) is 0 Å². The quantitative estimate of drug-likeness (QED) is 0.364. The molecule has 0 radical (unpaired) electrons. The predicted octanol–water partition coefficient (Wildman–Crippen LogP) is 1.65. The first kappa shape index (κ1) is 4.28. The van der Waals surface area contributed by atoms with Crippen LogP contribution in [0.2, 0.25) is 0 Å². The number of hydrogen-bond acceptors (Lipinski definition) is 2. The van der Waals surface area contributed by atoms with Gasteiger partial charge in [-0.25, -0.2) is 0 Å². The molecule has 0 amide bonds. The Bertz CT molecular complexity index is 137. The molecule has 2 rings (SSSR count). The van der Waals surface area contributed by atoms with Crippen LogP contribution in [0, 0.1) is 5.66 Å². The molecule has 0 aliphatic carbocycles. The van der Waals surface area contributed by atoms with Crippen molar-refractivity contribution < 1.29 is 9.05 Å². The minimum absolute atomic E-state index is 1.02. The molecule has 3 heteroatoms. The molecule has 2 heterocycles. The Morgan fingerprint density at radius 2 is 1.75 bits per heavy atom. The number of fused-ring (bicyclic) bond motifs is 1. The molecule has 0 atom stereocenters. The summed E-state index contributed by atoms with van der Waals surface area (Å²) in [5.41, 5.74) is 1.20. The van der Waals surface area contributed by atoms with E-state index in [0.717, 1.165) is 0 Å². The van der Waals surface area contributed by atoms with Gasteiger partial charge in [-0.05, 0) is 0 Å². The Kier molecular flexibility index (Phi) is 0.762. The van der Waals surface area contributed by atoms with Gasteiger partial charge >= 0.3 is 0 Å². The van der Waals surface area contributed by atoms with Gasteiger partial charge in [-0.3, -0.25) is 0 Å². The normalized spacial score (nSPS) is 23.2. The maximum Gasteiger partial charge on any atom is 0.300 e. The Morgan fingerprint density at radius 3 is 2.25 bits per heavy atom. The first-order valence-electron chi connectivity index (χ1n) is 2.37. The summed E-state index contributed by atoms with van der Waals surface area (Å²) in [6.07, 6.45) is 7.26. The fourth-order valence-corrected chi connectivity index (χ4v) is 1.81. The van der Waals surface area contributed by atoms with Crippen molar-refractivity contribution in [1.82, 2.24) is 0 Å². The molecule has 8 heavy (non-hydrogen) atoms. The zero-order valence-corrected chi connectivity index (χ0v) is 5.13. The van der Waals surface area contributed by atoms with Crippen molar-refractivity contribution in [2.45, 2.75) is 0 Å². The van der Waals surface area contributed by atoms with Gasteiger partial charge in [-0.15, -0.1) is 0 Å². The Balaban J connectivity index is 2.22. The lowest BCUT2D eigenvalue weighted by Gasteiger charge is -2.02. The summed E-state index contributed by atoms with van der Waals surface area (Å²) in [5, 5.41) is 0. The SMILES string of the molecule is C1=C[C-]2C=CO[PH+]2O1. The van der Waals surface area contributed by atoms with Crippen molar-refractivity contribution in [1.29, 1.82) is 0 Å². The third-order valence-corrected chi connectivity index (χ3v) is 2.59. The minimum Gasteiger partial charge on any atom is -0.383 e. The lowest BCUT2D eigenvalue weighted by Crippen LogP contribution is -1.72. The van der Waals surface area contributed by atoms with Crippen molar-refractivity contribution in [3.63, 3.8) is 0 Å². The second kappa shape index (κ2) is 1.43.